The number of hydrogen-bond acceptors (Lipinski definition) is 6. The molecule has 1 N–H and O–H groups in total. The molecule has 7 nitrogen and oxygen atoms in total. The van der Waals surface area contributed by atoms with Gasteiger partial charge in [-0.1, -0.05) is 18.7 Å². The number of aromatic amines is 1. The zero-order valence-electron chi connectivity index (χ0n) is 10.4. The summed E-state index contributed by atoms with van der Waals surface area (Å²) in [5.74, 6) is -0.356. The van der Waals surface area contributed by atoms with Crippen LogP contribution < -0.4 is 11.1 Å². The molecule has 18 heavy (non-hydrogen) atoms. The van der Waals surface area contributed by atoms with E-state index in [1.165, 1.54) is 4.68 Å². The summed E-state index contributed by atoms with van der Waals surface area (Å²) in [5.41, 5.74) is -1.65. The van der Waals surface area contributed by atoms with Crippen molar-refractivity contribution in [3.63, 3.8) is 0 Å². The van der Waals surface area contributed by atoms with E-state index >= 15 is 0 Å². The van der Waals surface area contributed by atoms with Gasteiger partial charge in [0, 0.05) is 7.05 Å². The van der Waals surface area contributed by atoms with E-state index in [0.29, 0.717) is 13.0 Å². The normalized spacial score (nSPS) is 12.2. The quantitative estimate of drug-likeness (QED) is 0.457. The lowest BCUT2D eigenvalue weighted by atomic mass is 10.3. The van der Waals surface area contributed by atoms with Crippen LogP contribution in [-0.4, -0.2) is 32.6 Å². The van der Waals surface area contributed by atoms with Gasteiger partial charge in [-0.15, -0.1) is 0 Å². The second-order valence-corrected chi connectivity index (χ2v) is 4.64. The van der Waals surface area contributed by atoms with Crippen LogP contribution in [0.15, 0.2) is 14.7 Å². The molecule has 0 radical (unpaired) electrons. The highest BCUT2D eigenvalue weighted by molar-refractivity contribution is 8.00. The number of aromatic nitrogens is 3. The van der Waals surface area contributed by atoms with Crippen molar-refractivity contribution in [1.29, 1.82) is 0 Å². The minimum absolute atomic E-state index is 0.277. The molecule has 0 aromatic carbocycles. The SMILES string of the molecule is CCOC(=O)C(CC)Sc1nc(=O)c(=O)[nH]n1C. The summed E-state index contributed by atoms with van der Waals surface area (Å²) in [6.07, 6.45) is 0.540. The first kappa shape index (κ1) is 14.5. The van der Waals surface area contributed by atoms with Crippen LogP contribution >= 0.6 is 11.8 Å². The van der Waals surface area contributed by atoms with E-state index in [1.807, 2.05) is 6.92 Å². The van der Waals surface area contributed by atoms with E-state index in [0.717, 1.165) is 11.8 Å². The smallest absolute Gasteiger partial charge is 0.339 e. The van der Waals surface area contributed by atoms with Crippen molar-refractivity contribution in [1.82, 2.24) is 14.8 Å². The Hall–Kier alpha value is -1.57. The molecule has 0 aliphatic heterocycles. The molecule has 0 saturated carbocycles. The molecule has 1 heterocycles. The third-order valence-corrected chi connectivity index (χ3v) is 3.50. The van der Waals surface area contributed by atoms with Crippen molar-refractivity contribution in [2.24, 2.45) is 7.05 Å². The first-order valence-electron chi connectivity index (χ1n) is 5.50. The zero-order valence-corrected chi connectivity index (χ0v) is 11.2. The van der Waals surface area contributed by atoms with Crippen LogP contribution in [0.3, 0.4) is 0 Å². The number of aryl methyl sites for hydroxylation is 1. The average molecular weight is 273 g/mol. The van der Waals surface area contributed by atoms with E-state index in [1.54, 1.807) is 14.0 Å². The van der Waals surface area contributed by atoms with Crippen molar-refractivity contribution >= 4 is 17.7 Å². The minimum Gasteiger partial charge on any atom is -0.465 e. The number of nitrogens with one attached hydrogen (secondary N) is 1. The molecule has 1 atom stereocenters. The van der Waals surface area contributed by atoms with E-state index in [9.17, 15) is 14.4 Å². The van der Waals surface area contributed by atoms with Gasteiger partial charge in [-0.25, -0.2) is 0 Å². The maximum Gasteiger partial charge on any atom is 0.339 e. The Bertz CT molecular complexity index is 537. The highest BCUT2D eigenvalue weighted by Crippen LogP contribution is 2.22. The van der Waals surface area contributed by atoms with Gasteiger partial charge in [0.05, 0.1) is 6.61 Å². The second kappa shape index (κ2) is 6.39. The van der Waals surface area contributed by atoms with E-state index < -0.39 is 16.4 Å². The number of ether oxygens (including phenoxy) is 1. The molecule has 1 unspecified atom stereocenters. The minimum atomic E-state index is -0.866. The number of carbonyl (C=O) groups is 1. The number of hydrogen-bond donors (Lipinski definition) is 1. The van der Waals surface area contributed by atoms with Crippen LogP contribution in [-0.2, 0) is 16.6 Å². The van der Waals surface area contributed by atoms with Gasteiger partial charge in [-0.3, -0.25) is 24.2 Å². The molecule has 0 fully saturated rings. The first-order valence-corrected chi connectivity index (χ1v) is 6.38. The lowest BCUT2D eigenvalue weighted by molar-refractivity contribution is -0.142. The standard InChI is InChI=1S/C10H15N3O4S/c1-4-6(9(16)17-5-2)18-10-11-7(14)8(15)12-13(10)3/h6H,4-5H2,1-3H3,(H,12,15). The predicted octanol–water partition coefficient (Wildman–Crippen LogP) is -0.0976. The lowest BCUT2D eigenvalue weighted by Gasteiger charge is -2.13. The summed E-state index contributed by atoms with van der Waals surface area (Å²) in [7, 11) is 1.55. The number of carbonyl (C=O) groups excluding carboxylic acids is 1. The maximum atomic E-state index is 11.6. The van der Waals surface area contributed by atoms with Crippen LogP contribution in [0.5, 0.6) is 0 Å². The van der Waals surface area contributed by atoms with Crippen molar-refractivity contribution in [2.45, 2.75) is 30.7 Å². The zero-order chi connectivity index (χ0) is 13.7. The lowest BCUT2D eigenvalue weighted by Crippen LogP contribution is -2.34. The molecule has 1 aromatic heterocycles. The molecule has 0 bridgehead atoms. The number of rotatable bonds is 5. The van der Waals surface area contributed by atoms with Crippen molar-refractivity contribution in [2.75, 3.05) is 6.61 Å². The van der Waals surface area contributed by atoms with Gasteiger partial charge in [-0.05, 0) is 13.3 Å². The van der Waals surface area contributed by atoms with E-state index in [4.69, 9.17) is 4.74 Å². The van der Waals surface area contributed by atoms with Gasteiger partial charge in [-0.2, -0.15) is 4.98 Å². The molecule has 8 heteroatoms. The van der Waals surface area contributed by atoms with Crippen molar-refractivity contribution in [3.8, 4) is 0 Å². The summed E-state index contributed by atoms with van der Waals surface area (Å²) >= 11 is 1.09. The van der Waals surface area contributed by atoms with Gasteiger partial charge in [0.1, 0.15) is 5.25 Å². The maximum absolute atomic E-state index is 11.6. The Morgan fingerprint density at radius 1 is 1.50 bits per heavy atom. The highest BCUT2D eigenvalue weighted by Gasteiger charge is 2.21. The van der Waals surface area contributed by atoms with Gasteiger partial charge in [0.2, 0.25) is 0 Å². The number of esters is 1. The van der Waals surface area contributed by atoms with Crippen LogP contribution in [0, 0.1) is 0 Å². The molecular weight excluding hydrogens is 258 g/mol. The Labute approximate surface area is 108 Å². The Balaban J connectivity index is 2.95. The van der Waals surface area contributed by atoms with Crippen molar-refractivity contribution < 1.29 is 9.53 Å². The topological polar surface area (TPSA) is 94.1 Å². The Morgan fingerprint density at radius 3 is 2.72 bits per heavy atom. The Morgan fingerprint density at radius 2 is 2.17 bits per heavy atom. The molecule has 1 aromatic rings. The summed E-state index contributed by atoms with van der Waals surface area (Å²) in [6, 6.07) is 0. The van der Waals surface area contributed by atoms with Crippen LogP contribution in [0.25, 0.3) is 0 Å². The molecule has 1 rings (SSSR count). The molecule has 0 saturated heterocycles. The number of H-pyrrole nitrogens is 1. The molecule has 0 aliphatic rings. The third kappa shape index (κ3) is 3.46. The van der Waals surface area contributed by atoms with Crippen LogP contribution in [0.4, 0.5) is 0 Å². The van der Waals surface area contributed by atoms with E-state index in [2.05, 4.69) is 10.1 Å². The van der Waals surface area contributed by atoms with E-state index in [-0.39, 0.29) is 11.1 Å². The van der Waals surface area contributed by atoms with Gasteiger partial charge in [0.15, 0.2) is 5.16 Å². The van der Waals surface area contributed by atoms with Gasteiger partial charge >= 0.3 is 17.1 Å². The largest absolute Gasteiger partial charge is 0.465 e. The predicted molar refractivity (Wildman–Crippen MR) is 66.7 cm³/mol. The monoisotopic (exact) mass is 273 g/mol. The van der Waals surface area contributed by atoms with Crippen molar-refractivity contribution in [3.05, 3.63) is 20.7 Å². The van der Waals surface area contributed by atoms with Crippen LogP contribution in [0.2, 0.25) is 0 Å². The van der Waals surface area contributed by atoms with Gasteiger partial charge < -0.3 is 4.74 Å². The molecule has 100 valence electrons. The second-order valence-electron chi connectivity index (χ2n) is 3.47. The summed E-state index contributed by atoms with van der Waals surface area (Å²) < 4.78 is 6.23. The fraction of sp³-hybridized carbons (Fsp3) is 0.600. The van der Waals surface area contributed by atoms with Gasteiger partial charge in [0.25, 0.3) is 0 Å². The molecule has 0 aliphatic carbocycles. The molecule has 0 spiro atoms. The van der Waals surface area contributed by atoms with Crippen LogP contribution in [0.1, 0.15) is 20.3 Å². The summed E-state index contributed by atoms with van der Waals surface area (Å²) in [6.45, 7) is 3.86. The average Bonchev–Trinajstić information content (AvgIpc) is 2.32. The molecular formula is C10H15N3O4S. The summed E-state index contributed by atoms with van der Waals surface area (Å²) in [5, 5.41) is 2.15. The summed E-state index contributed by atoms with van der Waals surface area (Å²) in [4.78, 5) is 37.4. The molecule has 0 amide bonds. The Kier molecular flexibility index (Phi) is 5.14. The number of thioether (sulfide) groups is 1. The third-order valence-electron chi connectivity index (χ3n) is 2.12. The highest BCUT2D eigenvalue weighted by atomic mass is 32.2. The first-order chi connectivity index (χ1) is 8.49. The fourth-order valence-corrected chi connectivity index (χ4v) is 2.15. The fourth-order valence-electron chi connectivity index (χ4n) is 1.23. The number of nitrogens with zero attached hydrogens (tertiary/aromatic N) is 2.